The fraction of sp³-hybridized carbons (Fsp3) is 0.0952. The van der Waals surface area contributed by atoms with Crippen LogP contribution in [0.4, 0.5) is 11.4 Å². The van der Waals surface area contributed by atoms with Gasteiger partial charge in [0.1, 0.15) is 0 Å². The zero-order chi connectivity index (χ0) is 21.1. The Bertz CT molecular complexity index is 1170. The highest BCUT2D eigenvalue weighted by molar-refractivity contribution is 5.90. The van der Waals surface area contributed by atoms with Gasteiger partial charge in [-0.3, -0.25) is 20.2 Å². The Kier molecular flexibility index (Phi) is 5.23. The Balaban J connectivity index is 2.01. The topological polar surface area (TPSA) is 115 Å². The first-order valence-corrected chi connectivity index (χ1v) is 8.62. The Labute approximate surface area is 166 Å². The van der Waals surface area contributed by atoms with Gasteiger partial charge in [-0.15, -0.1) is 0 Å². The number of nitro groups is 2. The fourth-order valence-corrected chi connectivity index (χ4v) is 3.15. The molecular formula is C21H16N4O4. The number of rotatable bonds is 5. The van der Waals surface area contributed by atoms with Gasteiger partial charge in [-0.1, -0.05) is 0 Å². The van der Waals surface area contributed by atoms with E-state index in [0.717, 1.165) is 22.6 Å². The molecule has 0 bridgehead atoms. The van der Waals surface area contributed by atoms with Gasteiger partial charge in [0.25, 0.3) is 11.4 Å². The minimum atomic E-state index is -0.489. The molecule has 3 aromatic rings. The van der Waals surface area contributed by atoms with E-state index in [1.165, 1.54) is 24.3 Å². The summed E-state index contributed by atoms with van der Waals surface area (Å²) in [6, 6.07) is 16.1. The summed E-state index contributed by atoms with van der Waals surface area (Å²) in [5.41, 5.74) is 4.30. The fourth-order valence-electron chi connectivity index (χ4n) is 3.15. The summed E-state index contributed by atoms with van der Waals surface area (Å²) >= 11 is 0. The van der Waals surface area contributed by atoms with Crippen LogP contribution in [-0.2, 0) is 0 Å². The van der Waals surface area contributed by atoms with Crippen molar-refractivity contribution in [2.24, 2.45) is 0 Å². The molecule has 0 saturated heterocycles. The summed E-state index contributed by atoms with van der Waals surface area (Å²) in [7, 11) is 0. The average Bonchev–Trinajstić information content (AvgIpc) is 2.99. The first kappa shape index (κ1) is 19.5. The molecule has 8 nitrogen and oxygen atoms in total. The third-order valence-electron chi connectivity index (χ3n) is 4.60. The quantitative estimate of drug-likeness (QED) is 0.347. The molecule has 1 aromatic heterocycles. The lowest BCUT2D eigenvalue weighted by Gasteiger charge is -2.09. The smallest absolute Gasteiger partial charge is 0.269 e. The molecular weight excluding hydrogens is 372 g/mol. The van der Waals surface area contributed by atoms with Gasteiger partial charge in [-0.05, 0) is 61.4 Å². The van der Waals surface area contributed by atoms with E-state index >= 15 is 0 Å². The molecule has 0 amide bonds. The second kappa shape index (κ2) is 7.78. The number of non-ortho nitro benzene ring substituents is 2. The van der Waals surface area contributed by atoms with Crippen molar-refractivity contribution in [1.82, 2.24) is 4.57 Å². The van der Waals surface area contributed by atoms with Crippen LogP contribution >= 0.6 is 0 Å². The van der Waals surface area contributed by atoms with Gasteiger partial charge < -0.3 is 4.57 Å². The Hall–Kier alpha value is -4.25. The third-order valence-corrected chi connectivity index (χ3v) is 4.60. The molecule has 2 aromatic carbocycles. The van der Waals surface area contributed by atoms with Crippen LogP contribution in [0.25, 0.3) is 17.3 Å². The third kappa shape index (κ3) is 3.89. The highest BCUT2D eigenvalue weighted by Crippen LogP contribution is 2.27. The molecule has 0 aliphatic carbocycles. The van der Waals surface area contributed by atoms with Crippen LogP contribution in [-0.4, -0.2) is 14.4 Å². The zero-order valence-electron chi connectivity index (χ0n) is 15.7. The number of benzene rings is 2. The molecule has 8 heteroatoms. The molecule has 144 valence electrons. The number of nitro benzene ring substituents is 2. The molecule has 3 rings (SSSR count). The number of hydrogen-bond donors (Lipinski definition) is 0. The van der Waals surface area contributed by atoms with E-state index in [1.54, 1.807) is 30.3 Å². The van der Waals surface area contributed by atoms with E-state index in [0.29, 0.717) is 11.1 Å². The number of aromatic nitrogens is 1. The Morgan fingerprint density at radius 2 is 1.48 bits per heavy atom. The van der Waals surface area contributed by atoms with Crippen LogP contribution in [0, 0.1) is 45.4 Å². The summed E-state index contributed by atoms with van der Waals surface area (Å²) in [5, 5.41) is 31.2. The van der Waals surface area contributed by atoms with Crippen LogP contribution in [0.2, 0.25) is 0 Å². The normalized spacial score (nSPS) is 11.1. The van der Waals surface area contributed by atoms with Crippen molar-refractivity contribution in [3.05, 3.63) is 97.3 Å². The largest absolute Gasteiger partial charge is 0.318 e. The van der Waals surface area contributed by atoms with E-state index < -0.39 is 9.85 Å². The summed E-state index contributed by atoms with van der Waals surface area (Å²) in [6.45, 7) is 3.80. The van der Waals surface area contributed by atoms with E-state index in [4.69, 9.17) is 0 Å². The summed E-state index contributed by atoms with van der Waals surface area (Å²) < 4.78 is 1.94. The SMILES string of the molecule is Cc1cc(C=C(C#N)c2ccc([N+](=O)[O-])cc2)c(C)n1-c1ccc([N+](=O)[O-])cc1. The second-order valence-corrected chi connectivity index (χ2v) is 6.41. The van der Waals surface area contributed by atoms with Crippen molar-refractivity contribution in [2.75, 3.05) is 0 Å². The molecule has 0 radical (unpaired) electrons. The summed E-state index contributed by atoms with van der Waals surface area (Å²) in [4.78, 5) is 20.7. The maximum atomic E-state index is 10.9. The predicted molar refractivity (Wildman–Crippen MR) is 108 cm³/mol. The van der Waals surface area contributed by atoms with Crippen LogP contribution in [0.5, 0.6) is 0 Å². The molecule has 0 atom stereocenters. The van der Waals surface area contributed by atoms with E-state index in [-0.39, 0.29) is 11.4 Å². The van der Waals surface area contributed by atoms with Crippen LogP contribution in [0.3, 0.4) is 0 Å². The first-order chi connectivity index (χ1) is 13.8. The Morgan fingerprint density at radius 3 is 1.97 bits per heavy atom. The zero-order valence-corrected chi connectivity index (χ0v) is 15.7. The molecule has 0 aliphatic rings. The molecule has 0 fully saturated rings. The lowest BCUT2D eigenvalue weighted by Crippen LogP contribution is -1.99. The molecule has 0 aliphatic heterocycles. The maximum Gasteiger partial charge on any atom is 0.269 e. The van der Waals surface area contributed by atoms with Crippen LogP contribution in [0.1, 0.15) is 22.5 Å². The average molecular weight is 388 g/mol. The summed E-state index contributed by atoms with van der Waals surface area (Å²) in [5.74, 6) is 0. The number of nitriles is 1. The number of aryl methyl sites for hydroxylation is 1. The van der Waals surface area contributed by atoms with Crippen molar-refractivity contribution < 1.29 is 9.85 Å². The highest BCUT2D eigenvalue weighted by Gasteiger charge is 2.13. The van der Waals surface area contributed by atoms with Gasteiger partial charge in [0, 0.05) is 41.3 Å². The Morgan fingerprint density at radius 1 is 0.966 bits per heavy atom. The van der Waals surface area contributed by atoms with Crippen molar-refractivity contribution in [1.29, 1.82) is 5.26 Å². The summed E-state index contributed by atoms with van der Waals surface area (Å²) in [6.07, 6.45) is 1.73. The van der Waals surface area contributed by atoms with Crippen molar-refractivity contribution in [3.63, 3.8) is 0 Å². The van der Waals surface area contributed by atoms with Gasteiger partial charge in [-0.25, -0.2) is 0 Å². The second-order valence-electron chi connectivity index (χ2n) is 6.41. The van der Waals surface area contributed by atoms with Crippen molar-refractivity contribution >= 4 is 23.0 Å². The van der Waals surface area contributed by atoms with E-state index in [9.17, 15) is 25.5 Å². The van der Waals surface area contributed by atoms with Crippen molar-refractivity contribution in [2.45, 2.75) is 13.8 Å². The molecule has 0 unspecified atom stereocenters. The maximum absolute atomic E-state index is 10.9. The molecule has 0 spiro atoms. The minimum absolute atomic E-state index is 0.0151. The monoisotopic (exact) mass is 388 g/mol. The van der Waals surface area contributed by atoms with Gasteiger partial charge >= 0.3 is 0 Å². The van der Waals surface area contributed by atoms with E-state index in [2.05, 4.69) is 6.07 Å². The predicted octanol–water partition coefficient (Wildman–Crippen LogP) is 4.97. The van der Waals surface area contributed by atoms with Gasteiger partial charge in [0.15, 0.2) is 0 Å². The van der Waals surface area contributed by atoms with E-state index in [1.807, 2.05) is 24.5 Å². The molecule has 29 heavy (non-hydrogen) atoms. The highest BCUT2D eigenvalue weighted by atomic mass is 16.6. The molecule has 0 saturated carbocycles. The first-order valence-electron chi connectivity index (χ1n) is 8.62. The lowest BCUT2D eigenvalue weighted by molar-refractivity contribution is -0.385. The van der Waals surface area contributed by atoms with Crippen LogP contribution in [0.15, 0.2) is 54.6 Å². The van der Waals surface area contributed by atoms with Crippen molar-refractivity contribution in [3.8, 4) is 11.8 Å². The standard InChI is InChI=1S/C21H16N4O4/c1-14-11-17(12-18(13-22)16-3-5-20(6-4-16)24(26)27)15(2)23(14)19-7-9-21(10-8-19)25(28)29/h3-12H,1-2H3. The minimum Gasteiger partial charge on any atom is -0.318 e. The number of nitrogens with zero attached hydrogens (tertiary/aromatic N) is 4. The van der Waals surface area contributed by atoms with Crippen LogP contribution < -0.4 is 0 Å². The molecule has 1 heterocycles. The number of hydrogen-bond acceptors (Lipinski definition) is 5. The molecule has 0 N–H and O–H groups in total. The van der Waals surface area contributed by atoms with Gasteiger partial charge in [0.05, 0.1) is 21.5 Å². The van der Waals surface area contributed by atoms with Gasteiger partial charge in [-0.2, -0.15) is 5.26 Å². The number of allylic oxidation sites excluding steroid dienone is 1. The van der Waals surface area contributed by atoms with Gasteiger partial charge in [0.2, 0.25) is 0 Å². The lowest BCUT2D eigenvalue weighted by atomic mass is 10.0.